The lowest BCUT2D eigenvalue weighted by atomic mass is 10.2. The molecule has 2 amide bonds. The minimum Gasteiger partial charge on any atom is -0.450 e. The molecule has 0 bridgehead atoms. The molecular weight excluding hydrogens is 360 g/mol. The summed E-state index contributed by atoms with van der Waals surface area (Å²) in [4.78, 5) is 37.4. The maximum Gasteiger partial charge on any atom is 0.374 e. The van der Waals surface area contributed by atoms with Crippen LogP contribution in [0.15, 0.2) is 59.0 Å². The summed E-state index contributed by atoms with van der Waals surface area (Å²) in [6.07, 6.45) is 0. The molecule has 0 saturated heterocycles. The first-order valence-electron chi connectivity index (χ1n) is 8.68. The van der Waals surface area contributed by atoms with E-state index in [0.717, 1.165) is 10.9 Å². The third-order valence-corrected chi connectivity index (χ3v) is 4.10. The summed E-state index contributed by atoms with van der Waals surface area (Å²) >= 11 is 0. The highest BCUT2D eigenvalue weighted by Gasteiger charge is 2.18. The van der Waals surface area contributed by atoms with E-state index in [1.807, 2.05) is 25.1 Å². The standard InChI is InChI=1S/C21H20N2O5/c1-14-7-9-16(10-8-14)22-19(24)12-23(2)20(25)13-27-21(26)18-11-15-5-3-4-6-17(15)28-18/h3-11H,12-13H2,1-2H3,(H,22,24). The van der Waals surface area contributed by atoms with Crippen molar-refractivity contribution in [3.05, 3.63) is 65.9 Å². The van der Waals surface area contributed by atoms with Gasteiger partial charge in [0.1, 0.15) is 5.58 Å². The van der Waals surface area contributed by atoms with Crippen LogP contribution in [0.5, 0.6) is 0 Å². The number of anilines is 1. The molecule has 0 fully saturated rings. The number of fused-ring (bicyclic) bond motifs is 1. The summed E-state index contributed by atoms with van der Waals surface area (Å²) < 4.78 is 10.4. The number of hydrogen-bond acceptors (Lipinski definition) is 5. The number of carbonyl (C=O) groups is 3. The fourth-order valence-electron chi connectivity index (χ4n) is 2.53. The normalized spacial score (nSPS) is 10.5. The van der Waals surface area contributed by atoms with Crippen molar-refractivity contribution in [1.29, 1.82) is 0 Å². The fourth-order valence-corrected chi connectivity index (χ4v) is 2.53. The Bertz CT molecular complexity index is 974. The van der Waals surface area contributed by atoms with Crippen LogP contribution in [-0.2, 0) is 14.3 Å². The Balaban J connectivity index is 1.48. The Labute approximate surface area is 161 Å². The van der Waals surface area contributed by atoms with Gasteiger partial charge in [-0.3, -0.25) is 9.59 Å². The highest BCUT2D eigenvalue weighted by Crippen LogP contribution is 2.19. The number of rotatable bonds is 6. The van der Waals surface area contributed by atoms with Crippen molar-refractivity contribution in [2.24, 2.45) is 0 Å². The summed E-state index contributed by atoms with van der Waals surface area (Å²) in [5.74, 6) is -1.55. The zero-order valence-electron chi connectivity index (χ0n) is 15.6. The quantitative estimate of drug-likeness (QED) is 0.664. The lowest BCUT2D eigenvalue weighted by molar-refractivity contribution is -0.136. The van der Waals surface area contributed by atoms with E-state index in [1.54, 1.807) is 36.4 Å². The molecule has 0 atom stereocenters. The van der Waals surface area contributed by atoms with Crippen molar-refractivity contribution in [1.82, 2.24) is 4.90 Å². The summed E-state index contributed by atoms with van der Waals surface area (Å²) in [6, 6.07) is 16.0. The molecule has 0 saturated carbocycles. The Morgan fingerprint density at radius 2 is 1.79 bits per heavy atom. The second-order valence-electron chi connectivity index (χ2n) is 6.39. The van der Waals surface area contributed by atoms with E-state index in [4.69, 9.17) is 9.15 Å². The number of aryl methyl sites for hydroxylation is 1. The van der Waals surface area contributed by atoms with Crippen LogP contribution in [0.2, 0.25) is 0 Å². The number of nitrogens with one attached hydrogen (secondary N) is 1. The van der Waals surface area contributed by atoms with Crippen LogP contribution in [0.1, 0.15) is 16.1 Å². The molecule has 7 nitrogen and oxygen atoms in total. The average Bonchev–Trinajstić information content (AvgIpc) is 3.12. The molecule has 3 aromatic rings. The fraction of sp³-hybridized carbons (Fsp3) is 0.190. The first-order valence-corrected chi connectivity index (χ1v) is 8.68. The highest BCUT2D eigenvalue weighted by atomic mass is 16.5. The lowest BCUT2D eigenvalue weighted by Gasteiger charge is -2.16. The maximum atomic E-state index is 12.1. The molecule has 1 heterocycles. The second-order valence-corrected chi connectivity index (χ2v) is 6.39. The largest absolute Gasteiger partial charge is 0.450 e. The molecular formula is C21H20N2O5. The van der Waals surface area contributed by atoms with Crippen molar-refractivity contribution >= 4 is 34.4 Å². The molecule has 1 N–H and O–H groups in total. The molecule has 0 aliphatic carbocycles. The SMILES string of the molecule is Cc1ccc(NC(=O)CN(C)C(=O)COC(=O)c2cc3ccccc3o2)cc1. The molecule has 0 unspecified atom stereocenters. The van der Waals surface area contributed by atoms with Gasteiger partial charge in [-0.1, -0.05) is 35.9 Å². The van der Waals surface area contributed by atoms with Gasteiger partial charge < -0.3 is 19.4 Å². The Hall–Kier alpha value is -3.61. The average molecular weight is 380 g/mol. The molecule has 144 valence electrons. The number of furan rings is 1. The number of esters is 1. The van der Waals surface area contributed by atoms with Crippen molar-refractivity contribution in [2.45, 2.75) is 6.92 Å². The summed E-state index contributed by atoms with van der Waals surface area (Å²) in [7, 11) is 1.46. The number of amides is 2. The van der Waals surface area contributed by atoms with E-state index < -0.39 is 18.5 Å². The Morgan fingerprint density at radius 1 is 1.07 bits per heavy atom. The molecule has 2 aromatic carbocycles. The number of benzene rings is 2. The molecule has 7 heteroatoms. The predicted molar refractivity (Wildman–Crippen MR) is 104 cm³/mol. The maximum absolute atomic E-state index is 12.1. The highest BCUT2D eigenvalue weighted by molar-refractivity contribution is 5.96. The van der Waals surface area contributed by atoms with Crippen LogP contribution in [0.25, 0.3) is 11.0 Å². The van der Waals surface area contributed by atoms with Crippen LogP contribution in [0.4, 0.5) is 5.69 Å². The first kappa shape index (κ1) is 19.2. The van der Waals surface area contributed by atoms with E-state index in [-0.39, 0.29) is 18.2 Å². The summed E-state index contributed by atoms with van der Waals surface area (Å²) in [5.41, 5.74) is 2.29. The van der Waals surface area contributed by atoms with Gasteiger partial charge >= 0.3 is 5.97 Å². The number of likely N-dealkylation sites (N-methyl/N-ethyl adjacent to an activating group) is 1. The topological polar surface area (TPSA) is 88.9 Å². The van der Waals surface area contributed by atoms with Gasteiger partial charge in [0.15, 0.2) is 6.61 Å². The number of para-hydroxylation sites is 1. The van der Waals surface area contributed by atoms with E-state index in [0.29, 0.717) is 11.3 Å². The first-order chi connectivity index (χ1) is 13.4. The van der Waals surface area contributed by atoms with Crippen molar-refractivity contribution in [2.75, 3.05) is 25.5 Å². The van der Waals surface area contributed by atoms with Gasteiger partial charge in [-0.25, -0.2) is 4.79 Å². The molecule has 3 rings (SSSR count). The second kappa shape index (κ2) is 8.39. The van der Waals surface area contributed by atoms with Gasteiger partial charge in [0.05, 0.1) is 6.54 Å². The Morgan fingerprint density at radius 3 is 2.50 bits per heavy atom. The summed E-state index contributed by atoms with van der Waals surface area (Å²) in [6.45, 7) is 1.31. The molecule has 1 aromatic heterocycles. The van der Waals surface area contributed by atoms with Crippen LogP contribution in [0, 0.1) is 6.92 Å². The van der Waals surface area contributed by atoms with Crippen LogP contribution in [0.3, 0.4) is 0 Å². The van der Waals surface area contributed by atoms with Crippen molar-refractivity contribution in [3.63, 3.8) is 0 Å². The molecule has 0 radical (unpaired) electrons. The van der Waals surface area contributed by atoms with Gasteiger partial charge in [-0.05, 0) is 31.2 Å². The molecule has 0 spiro atoms. The minimum atomic E-state index is -0.734. The van der Waals surface area contributed by atoms with Crippen LogP contribution < -0.4 is 5.32 Å². The van der Waals surface area contributed by atoms with Crippen LogP contribution >= 0.6 is 0 Å². The van der Waals surface area contributed by atoms with Gasteiger partial charge in [0.2, 0.25) is 11.7 Å². The van der Waals surface area contributed by atoms with Crippen LogP contribution in [-0.4, -0.2) is 42.9 Å². The van der Waals surface area contributed by atoms with Crippen molar-refractivity contribution in [3.8, 4) is 0 Å². The van der Waals surface area contributed by atoms with E-state index in [9.17, 15) is 14.4 Å². The molecule has 28 heavy (non-hydrogen) atoms. The van der Waals surface area contributed by atoms with E-state index in [2.05, 4.69) is 5.32 Å². The van der Waals surface area contributed by atoms with Gasteiger partial charge in [0, 0.05) is 18.1 Å². The monoisotopic (exact) mass is 380 g/mol. The smallest absolute Gasteiger partial charge is 0.374 e. The minimum absolute atomic E-state index is 0.0220. The third kappa shape index (κ3) is 4.76. The van der Waals surface area contributed by atoms with Gasteiger partial charge in [-0.2, -0.15) is 0 Å². The molecule has 0 aliphatic rings. The number of carbonyl (C=O) groups excluding carboxylic acids is 3. The predicted octanol–water partition coefficient (Wildman–Crippen LogP) is 3.00. The zero-order valence-corrected chi connectivity index (χ0v) is 15.6. The van der Waals surface area contributed by atoms with E-state index >= 15 is 0 Å². The molecule has 0 aliphatic heterocycles. The third-order valence-electron chi connectivity index (χ3n) is 4.10. The van der Waals surface area contributed by atoms with Gasteiger partial charge in [0.25, 0.3) is 5.91 Å². The Kier molecular flexibility index (Phi) is 5.74. The number of ether oxygens (including phenoxy) is 1. The van der Waals surface area contributed by atoms with Crippen molar-refractivity contribution < 1.29 is 23.5 Å². The number of nitrogens with zero attached hydrogens (tertiary/aromatic N) is 1. The van der Waals surface area contributed by atoms with Gasteiger partial charge in [-0.15, -0.1) is 0 Å². The lowest BCUT2D eigenvalue weighted by Crippen LogP contribution is -2.37. The summed E-state index contributed by atoms with van der Waals surface area (Å²) in [5, 5.41) is 3.47. The van der Waals surface area contributed by atoms with E-state index in [1.165, 1.54) is 11.9 Å². The number of hydrogen-bond donors (Lipinski definition) is 1. The zero-order chi connectivity index (χ0) is 20.1.